The van der Waals surface area contributed by atoms with Gasteiger partial charge < -0.3 is 21.3 Å². The van der Waals surface area contributed by atoms with Crippen molar-refractivity contribution in [2.45, 2.75) is 6.54 Å². The Kier molecular flexibility index (Phi) is 6.00. The van der Waals surface area contributed by atoms with Crippen LogP contribution in [0, 0.1) is 0 Å². The Labute approximate surface area is 168 Å². The zero-order chi connectivity index (χ0) is 20.1. The van der Waals surface area contributed by atoms with Crippen LogP contribution in [0.15, 0.2) is 48.8 Å². The quantitative estimate of drug-likeness (QED) is 0.564. The summed E-state index contributed by atoms with van der Waals surface area (Å²) in [5, 5.41) is 10.8. The van der Waals surface area contributed by atoms with Crippen molar-refractivity contribution < 1.29 is 4.79 Å². The Morgan fingerprint density at radius 3 is 2.71 bits per heavy atom. The van der Waals surface area contributed by atoms with Gasteiger partial charge in [0.1, 0.15) is 11.6 Å². The molecule has 0 atom stereocenters. The number of anilines is 4. The van der Waals surface area contributed by atoms with Crippen LogP contribution in [0.2, 0.25) is 5.02 Å². The highest BCUT2D eigenvalue weighted by Crippen LogP contribution is 2.24. The van der Waals surface area contributed by atoms with Gasteiger partial charge in [-0.1, -0.05) is 11.6 Å². The first kappa shape index (κ1) is 19.5. The molecule has 1 aromatic carbocycles. The largest absolute Gasteiger partial charge is 0.382 e. The van der Waals surface area contributed by atoms with Gasteiger partial charge in [-0.2, -0.15) is 5.10 Å². The Hall–Kier alpha value is -3.26. The normalized spacial score (nSPS) is 10.5. The number of hydrogen-bond acceptors (Lipinski definition) is 6. The number of benzene rings is 1. The van der Waals surface area contributed by atoms with E-state index in [0.717, 1.165) is 5.69 Å². The lowest BCUT2D eigenvalue weighted by Crippen LogP contribution is -2.18. The molecule has 0 spiro atoms. The van der Waals surface area contributed by atoms with Crippen LogP contribution in [0.4, 0.5) is 23.0 Å². The van der Waals surface area contributed by atoms with Crippen molar-refractivity contribution in [2.24, 2.45) is 0 Å². The van der Waals surface area contributed by atoms with Crippen LogP contribution in [0.3, 0.4) is 0 Å². The second-order valence-corrected chi connectivity index (χ2v) is 6.81. The van der Waals surface area contributed by atoms with Gasteiger partial charge in [-0.25, -0.2) is 4.98 Å². The highest BCUT2D eigenvalue weighted by Gasteiger charge is 2.14. The van der Waals surface area contributed by atoms with Gasteiger partial charge in [-0.15, -0.1) is 0 Å². The number of aromatic nitrogens is 3. The number of nitrogens with two attached hydrogens (primary N) is 1. The summed E-state index contributed by atoms with van der Waals surface area (Å²) < 4.78 is 1.76. The molecule has 2 heterocycles. The third kappa shape index (κ3) is 4.92. The Balaban J connectivity index is 1.59. The van der Waals surface area contributed by atoms with Crippen molar-refractivity contribution >= 4 is 40.5 Å². The standard InChI is InChI=1S/C19H22ClN7O/c1-26(2)16-11-13(20)3-5-15(16)19(28)24-14-4-6-18(23-12-14)22-8-10-27-9-7-17(21)25-27/h3-7,9,11-12H,8,10H2,1-2H3,(H2,21,25)(H,22,23)(H,24,28). The summed E-state index contributed by atoms with van der Waals surface area (Å²) >= 11 is 6.04. The molecular weight excluding hydrogens is 378 g/mol. The fourth-order valence-electron chi connectivity index (χ4n) is 2.64. The van der Waals surface area contributed by atoms with E-state index in [0.29, 0.717) is 41.0 Å². The molecule has 0 bridgehead atoms. The monoisotopic (exact) mass is 399 g/mol. The fraction of sp³-hybridized carbons (Fsp3) is 0.211. The molecule has 0 aliphatic heterocycles. The van der Waals surface area contributed by atoms with Crippen LogP contribution in [0.5, 0.6) is 0 Å². The van der Waals surface area contributed by atoms with E-state index in [9.17, 15) is 4.79 Å². The summed E-state index contributed by atoms with van der Waals surface area (Å²) in [6.07, 6.45) is 3.43. The van der Waals surface area contributed by atoms with Crippen LogP contribution < -0.4 is 21.3 Å². The summed E-state index contributed by atoms with van der Waals surface area (Å²) in [6.45, 7) is 1.32. The molecule has 0 aliphatic rings. The Morgan fingerprint density at radius 1 is 1.25 bits per heavy atom. The van der Waals surface area contributed by atoms with Crippen molar-refractivity contribution in [3.05, 3.63) is 59.4 Å². The molecule has 0 unspecified atom stereocenters. The van der Waals surface area contributed by atoms with Gasteiger partial charge in [-0.05, 0) is 36.4 Å². The zero-order valence-corrected chi connectivity index (χ0v) is 16.4. The van der Waals surface area contributed by atoms with Gasteiger partial charge in [-0.3, -0.25) is 9.48 Å². The van der Waals surface area contributed by atoms with E-state index in [4.69, 9.17) is 17.3 Å². The number of carbonyl (C=O) groups is 1. The molecule has 8 nitrogen and oxygen atoms in total. The number of nitrogens with zero attached hydrogens (tertiary/aromatic N) is 4. The lowest BCUT2D eigenvalue weighted by molar-refractivity contribution is 0.102. The predicted octanol–water partition coefficient (Wildman–Crippen LogP) is 2.94. The third-order valence-electron chi connectivity index (χ3n) is 4.02. The molecule has 0 saturated heterocycles. The lowest BCUT2D eigenvalue weighted by Gasteiger charge is -2.17. The maximum absolute atomic E-state index is 12.6. The summed E-state index contributed by atoms with van der Waals surface area (Å²) in [7, 11) is 3.73. The summed E-state index contributed by atoms with van der Waals surface area (Å²) in [6, 6.07) is 10.5. The van der Waals surface area contributed by atoms with E-state index >= 15 is 0 Å². The number of carbonyl (C=O) groups excluding carboxylic acids is 1. The maximum Gasteiger partial charge on any atom is 0.257 e. The average Bonchev–Trinajstić information content (AvgIpc) is 3.08. The molecule has 146 valence electrons. The predicted molar refractivity (Wildman–Crippen MR) is 113 cm³/mol. The minimum atomic E-state index is -0.223. The van der Waals surface area contributed by atoms with Crippen molar-refractivity contribution in [1.29, 1.82) is 0 Å². The van der Waals surface area contributed by atoms with Crippen molar-refractivity contribution in [1.82, 2.24) is 14.8 Å². The van der Waals surface area contributed by atoms with E-state index in [1.165, 1.54) is 0 Å². The first-order valence-electron chi connectivity index (χ1n) is 8.69. The van der Waals surface area contributed by atoms with Gasteiger partial charge in [0.2, 0.25) is 0 Å². The molecule has 0 radical (unpaired) electrons. The van der Waals surface area contributed by atoms with E-state index in [-0.39, 0.29) is 5.91 Å². The molecular formula is C19H22ClN7O. The smallest absolute Gasteiger partial charge is 0.257 e. The zero-order valence-electron chi connectivity index (χ0n) is 15.7. The molecule has 3 rings (SSSR count). The minimum Gasteiger partial charge on any atom is -0.382 e. The fourth-order valence-corrected chi connectivity index (χ4v) is 2.80. The van der Waals surface area contributed by atoms with Crippen molar-refractivity contribution in [2.75, 3.05) is 41.9 Å². The number of amides is 1. The molecule has 1 amide bonds. The van der Waals surface area contributed by atoms with E-state index in [2.05, 4.69) is 20.7 Å². The van der Waals surface area contributed by atoms with E-state index in [1.807, 2.05) is 31.3 Å². The van der Waals surface area contributed by atoms with Crippen molar-refractivity contribution in [3.8, 4) is 0 Å². The molecule has 4 N–H and O–H groups in total. The van der Waals surface area contributed by atoms with Crippen LogP contribution in [-0.2, 0) is 6.54 Å². The number of pyridine rings is 1. The van der Waals surface area contributed by atoms with Gasteiger partial charge in [0.05, 0.1) is 29.7 Å². The lowest BCUT2D eigenvalue weighted by atomic mass is 10.1. The van der Waals surface area contributed by atoms with Gasteiger partial charge in [0, 0.05) is 31.9 Å². The highest BCUT2D eigenvalue weighted by molar-refractivity contribution is 6.31. The van der Waals surface area contributed by atoms with Crippen molar-refractivity contribution in [3.63, 3.8) is 0 Å². The van der Waals surface area contributed by atoms with Gasteiger partial charge in [0.25, 0.3) is 5.91 Å². The Morgan fingerprint density at radius 2 is 2.07 bits per heavy atom. The average molecular weight is 400 g/mol. The number of hydrogen-bond donors (Lipinski definition) is 3. The SMILES string of the molecule is CN(C)c1cc(Cl)ccc1C(=O)Nc1ccc(NCCn2ccc(N)n2)nc1. The molecule has 9 heteroatoms. The minimum absolute atomic E-state index is 0.223. The van der Waals surface area contributed by atoms with Gasteiger partial charge in [0.15, 0.2) is 0 Å². The highest BCUT2D eigenvalue weighted by atomic mass is 35.5. The maximum atomic E-state index is 12.6. The Bertz CT molecular complexity index is 953. The third-order valence-corrected chi connectivity index (χ3v) is 4.25. The van der Waals surface area contributed by atoms with Gasteiger partial charge >= 0.3 is 0 Å². The topological polar surface area (TPSA) is 101 Å². The molecule has 2 aromatic heterocycles. The van der Waals surface area contributed by atoms with Crippen LogP contribution in [0.25, 0.3) is 0 Å². The van der Waals surface area contributed by atoms with Crippen LogP contribution in [-0.4, -0.2) is 41.3 Å². The summed E-state index contributed by atoms with van der Waals surface area (Å²) in [5.41, 5.74) is 7.47. The molecule has 0 fully saturated rings. The number of nitrogens with one attached hydrogen (secondary N) is 2. The first-order chi connectivity index (χ1) is 13.4. The molecule has 3 aromatic rings. The number of rotatable bonds is 7. The van der Waals surface area contributed by atoms with E-state index < -0.39 is 0 Å². The van der Waals surface area contributed by atoms with E-state index in [1.54, 1.807) is 41.2 Å². The molecule has 0 aliphatic carbocycles. The molecule has 0 saturated carbocycles. The second kappa shape index (κ2) is 8.62. The van der Waals surface area contributed by atoms with Crippen LogP contribution in [0.1, 0.15) is 10.4 Å². The second-order valence-electron chi connectivity index (χ2n) is 6.37. The van der Waals surface area contributed by atoms with Crippen LogP contribution >= 0.6 is 11.6 Å². The summed E-state index contributed by atoms with van der Waals surface area (Å²) in [4.78, 5) is 18.8. The first-order valence-corrected chi connectivity index (χ1v) is 9.07. The number of nitrogen functional groups attached to an aromatic ring is 1. The molecule has 28 heavy (non-hydrogen) atoms. The summed E-state index contributed by atoms with van der Waals surface area (Å²) in [5.74, 6) is 0.981. The number of halogens is 1.